The number of rotatable bonds is 11. The summed E-state index contributed by atoms with van der Waals surface area (Å²) < 4.78 is 4.84. The molecule has 0 aliphatic heterocycles. The second kappa shape index (κ2) is 21.6. The van der Waals surface area contributed by atoms with Crippen LogP contribution < -0.4 is 4.90 Å². The first-order valence-electron chi connectivity index (χ1n) is 33.1. The Hall–Kier alpha value is -11.5. The van der Waals surface area contributed by atoms with Gasteiger partial charge in [0.25, 0.3) is 0 Å². The number of hydrogen-bond donors (Lipinski definition) is 0. The highest BCUT2D eigenvalue weighted by Crippen LogP contribution is 2.64. The first-order chi connectivity index (χ1) is 46.2. The van der Waals surface area contributed by atoms with Crippen molar-refractivity contribution in [2.24, 2.45) is 5.92 Å². The van der Waals surface area contributed by atoms with Gasteiger partial charge in [-0.25, -0.2) is 0 Å². The molecule has 0 saturated heterocycles. The second-order valence-electron chi connectivity index (χ2n) is 26.6. The second-order valence-corrected chi connectivity index (χ2v) is 26.6. The molecule has 2 heterocycles. The molecular weight excluding hydrogens is 1140 g/mol. The van der Waals surface area contributed by atoms with E-state index in [1.807, 2.05) is 0 Å². The summed E-state index contributed by atoms with van der Waals surface area (Å²) in [4.78, 5) is 2.40. The minimum atomic E-state index is -0.511. The minimum Gasteiger partial charge on any atom is -0.310 e. The van der Waals surface area contributed by atoms with E-state index in [0.717, 1.165) is 45.1 Å². The molecule has 3 heteroatoms. The summed E-state index contributed by atoms with van der Waals surface area (Å²) >= 11 is 0. The van der Waals surface area contributed by atoms with Gasteiger partial charge in [0.05, 0.1) is 27.5 Å². The highest BCUT2D eigenvalue weighted by Gasteiger charge is 2.52. The first-order valence-corrected chi connectivity index (χ1v) is 33.1. The number of hydrogen-bond acceptors (Lipinski definition) is 1. The molecule has 14 aromatic carbocycles. The molecule has 0 bridgehead atoms. The fourth-order valence-corrected chi connectivity index (χ4v) is 15.8. The van der Waals surface area contributed by atoms with E-state index in [9.17, 15) is 0 Å². The predicted molar refractivity (Wildman–Crippen MR) is 396 cm³/mol. The van der Waals surface area contributed by atoms with E-state index in [0.29, 0.717) is 5.92 Å². The fourth-order valence-electron chi connectivity index (χ4n) is 15.8. The number of aromatic nitrogens is 2. The van der Waals surface area contributed by atoms with Crippen LogP contribution in [0.4, 0.5) is 17.1 Å². The van der Waals surface area contributed by atoms with Gasteiger partial charge < -0.3 is 14.0 Å². The van der Waals surface area contributed by atoms with E-state index >= 15 is 0 Å². The van der Waals surface area contributed by atoms with Crippen LogP contribution in [0.25, 0.3) is 122 Å². The summed E-state index contributed by atoms with van der Waals surface area (Å²) in [6, 6.07) is 123. The van der Waals surface area contributed by atoms with Crippen molar-refractivity contribution in [2.75, 3.05) is 4.90 Å². The van der Waals surface area contributed by atoms with Gasteiger partial charge in [-0.3, -0.25) is 0 Å². The van der Waals surface area contributed by atoms with Crippen LogP contribution in [0.5, 0.6) is 0 Å². The Balaban J connectivity index is 0.759. The molecule has 0 amide bonds. The molecule has 0 fully saturated rings. The zero-order chi connectivity index (χ0) is 62.8. The molecule has 3 nitrogen and oxygen atoms in total. The maximum absolute atomic E-state index is 2.53. The molecule has 16 aromatic rings. The molecule has 2 aliphatic carbocycles. The standard InChI is InChI=1S/C91H67N3/c1-59(2)90(3,4)68-42-32-62(33-43-68)66-38-49-76-74-26-14-17-29-82(74)91(84(76)56-66)83-30-18-15-27-75(83)77-50-39-67(57-85(77)91)65-41-53-88-81(55-65)80-54-64(40-52-87(80)93(88)69-22-10-6-11-23-69)63-36-46-72(47-37-63)92(71-44-34-61(35-45-71)60-20-8-5-9-21-60)73-48-51-79-78-28-16-19-31-86(78)94(89(79)58-73)70-24-12-7-13-25-70/h5-59H,1-4H3. The number of nitrogens with zero attached hydrogens (tertiary/aromatic N) is 3. The molecule has 2 aliphatic rings. The zero-order valence-corrected chi connectivity index (χ0v) is 53.1. The molecule has 1 unspecified atom stereocenters. The zero-order valence-electron chi connectivity index (χ0n) is 53.1. The van der Waals surface area contributed by atoms with Gasteiger partial charge in [-0.2, -0.15) is 0 Å². The highest BCUT2D eigenvalue weighted by atomic mass is 15.1. The van der Waals surface area contributed by atoms with Gasteiger partial charge in [-0.15, -0.1) is 0 Å². The van der Waals surface area contributed by atoms with Crippen LogP contribution in [0.3, 0.4) is 0 Å². The van der Waals surface area contributed by atoms with Crippen molar-refractivity contribution < 1.29 is 0 Å². The van der Waals surface area contributed by atoms with Gasteiger partial charge >= 0.3 is 0 Å². The molecular formula is C91H67N3. The van der Waals surface area contributed by atoms with Crippen molar-refractivity contribution in [3.05, 3.63) is 355 Å². The third-order valence-corrected chi connectivity index (χ3v) is 21.2. The minimum absolute atomic E-state index is 0.0758. The lowest BCUT2D eigenvalue weighted by Crippen LogP contribution is -2.26. The van der Waals surface area contributed by atoms with E-state index in [2.05, 4.69) is 369 Å². The molecule has 94 heavy (non-hydrogen) atoms. The lowest BCUT2D eigenvalue weighted by Gasteiger charge is -2.31. The average molecular weight is 1200 g/mol. The summed E-state index contributed by atoms with van der Waals surface area (Å²) in [5, 5.41) is 4.88. The Morgan fingerprint density at radius 1 is 0.277 bits per heavy atom. The number of para-hydroxylation sites is 3. The van der Waals surface area contributed by atoms with Crippen molar-refractivity contribution >= 4 is 60.7 Å². The van der Waals surface area contributed by atoms with E-state index < -0.39 is 5.41 Å². The molecule has 0 N–H and O–H groups in total. The van der Waals surface area contributed by atoms with E-state index in [-0.39, 0.29) is 5.41 Å². The van der Waals surface area contributed by atoms with Gasteiger partial charge in [0, 0.05) is 50.0 Å². The monoisotopic (exact) mass is 1200 g/mol. The summed E-state index contributed by atoms with van der Waals surface area (Å²) in [5.74, 6) is 0.523. The van der Waals surface area contributed by atoms with Crippen LogP contribution in [0.15, 0.2) is 328 Å². The number of benzene rings is 14. The molecule has 0 saturated carbocycles. The molecule has 2 aromatic heterocycles. The van der Waals surface area contributed by atoms with Crippen LogP contribution >= 0.6 is 0 Å². The molecule has 1 atom stereocenters. The van der Waals surface area contributed by atoms with Crippen LogP contribution in [0.1, 0.15) is 55.5 Å². The highest BCUT2D eigenvalue weighted by molar-refractivity contribution is 6.13. The van der Waals surface area contributed by atoms with E-state index in [1.54, 1.807) is 0 Å². The smallest absolute Gasteiger partial charge is 0.0725 e. The third-order valence-electron chi connectivity index (χ3n) is 21.2. The van der Waals surface area contributed by atoms with Crippen LogP contribution in [-0.2, 0) is 10.8 Å². The van der Waals surface area contributed by atoms with Crippen LogP contribution in [0, 0.1) is 5.92 Å². The van der Waals surface area contributed by atoms with Crippen molar-refractivity contribution in [1.82, 2.24) is 9.13 Å². The number of anilines is 3. The van der Waals surface area contributed by atoms with Gasteiger partial charge in [-0.1, -0.05) is 252 Å². The Morgan fingerprint density at radius 3 is 1.20 bits per heavy atom. The van der Waals surface area contributed by atoms with Crippen molar-refractivity contribution in [3.8, 4) is 78.1 Å². The van der Waals surface area contributed by atoms with Crippen molar-refractivity contribution in [2.45, 2.75) is 38.5 Å². The average Bonchev–Trinajstić information content (AvgIpc) is 1.51. The lowest BCUT2D eigenvalue weighted by molar-refractivity contribution is 0.372. The quantitative estimate of drug-likeness (QED) is 0.126. The van der Waals surface area contributed by atoms with Crippen LogP contribution in [0.2, 0.25) is 0 Å². The SMILES string of the molecule is CC(C)C(C)(C)c1ccc(-c2ccc3c(c2)C2(c4ccccc4-3)c3ccccc3-c3ccc(-c4ccc5c(c4)c4cc(-c6ccc(N(c7ccc(-c8ccccc8)cc7)c7ccc8c9ccccc9n(-c9ccccc9)c8c7)cc6)ccc4n5-c4ccccc4)cc32)cc1. The Labute approximate surface area is 549 Å². The molecule has 446 valence electrons. The van der Waals surface area contributed by atoms with Crippen molar-refractivity contribution in [1.29, 1.82) is 0 Å². The Morgan fingerprint density at radius 2 is 0.649 bits per heavy atom. The van der Waals surface area contributed by atoms with Gasteiger partial charge in [0.2, 0.25) is 0 Å². The summed E-state index contributed by atoms with van der Waals surface area (Å²) in [5.41, 5.74) is 31.3. The van der Waals surface area contributed by atoms with E-state index in [1.165, 1.54) is 122 Å². The fraction of sp³-hybridized carbons (Fsp3) is 0.0769. The maximum atomic E-state index is 2.53. The summed E-state index contributed by atoms with van der Waals surface area (Å²) in [6.07, 6.45) is 0. The van der Waals surface area contributed by atoms with Gasteiger partial charge in [-0.05, 0) is 209 Å². The third kappa shape index (κ3) is 8.51. The normalized spacial score (nSPS) is 13.9. The molecule has 1 spiro atoms. The maximum Gasteiger partial charge on any atom is 0.0725 e. The summed E-state index contributed by atoms with van der Waals surface area (Å²) in [7, 11) is 0. The topological polar surface area (TPSA) is 13.1 Å². The first kappa shape index (κ1) is 55.3. The van der Waals surface area contributed by atoms with Crippen LogP contribution in [-0.4, -0.2) is 9.13 Å². The summed E-state index contributed by atoms with van der Waals surface area (Å²) in [6.45, 7) is 9.37. The van der Waals surface area contributed by atoms with Gasteiger partial charge in [0.15, 0.2) is 0 Å². The Kier molecular flexibility index (Phi) is 12.7. The predicted octanol–water partition coefficient (Wildman–Crippen LogP) is 24.3. The Bertz CT molecular complexity index is 5620. The largest absolute Gasteiger partial charge is 0.310 e. The number of fused-ring (bicyclic) bond motifs is 16. The molecule has 18 rings (SSSR count). The van der Waals surface area contributed by atoms with Crippen molar-refractivity contribution in [3.63, 3.8) is 0 Å². The van der Waals surface area contributed by atoms with E-state index in [4.69, 9.17) is 0 Å². The van der Waals surface area contributed by atoms with Gasteiger partial charge in [0.1, 0.15) is 0 Å². The lowest BCUT2D eigenvalue weighted by atomic mass is 9.70. The molecule has 0 radical (unpaired) electrons.